The number of aliphatic hydroxyl groups is 1. The smallest absolute Gasteiger partial charge is 0.307 e. The number of carbonyl (C=O) groups is 1. The largest absolute Gasteiger partial charge is 0.490 e. The van der Waals surface area contributed by atoms with Crippen LogP contribution in [0.2, 0.25) is 0 Å². The Morgan fingerprint density at radius 1 is 1.32 bits per heavy atom. The molecule has 1 aromatic heterocycles. The van der Waals surface area contributed by atoms with E-state index in [4.69, 9.17) is 4.74 Å². The average molecular weight is 344 g/mol. The van der Waals surface area contributed by atoms with Crippen LogP contribution in [0.5, 0.6) is 5.75 Å². The van der Waals surface area contributed by atoms with Gasteiger partial charge in [0.05, 0.1) is 38.5 Å². The van der Waals surface area contributed by atoms with Gasteiger partial charge in [-0.1, -0.05) is 12.1 Å². The van der Waals surface area contributed by atoms with Crippen LogP contribution in [0.15, 0.2) is 30.5 Å². The number of nitrogens with zero attached hydrogens (tertiary/aromatic N) is 2. The molecule has 0 saturated heterocycles. The lowest BCUT2D eigenvalue weighted by molar-refractivity contribution is -0.140. The van der Waals surface area contributed by atoms with Crippen molar-refractivity contribution in [3.05, 3.63) is 36.0 Å². The lowest BCUT2D eigenvalue weighted by Crippen LogP contribution is -2.12. The van der Waals surface area contributed by atoms with E-state index >= 15 is 0 Å². The van der Waals surface area contributed by atoms with Gasteiger partial charge in [-0.3, -0.25) is 9.48 Å². The van der Waals surface area contributed by atoms with E-state index in [0.717, 1.165) is 35.4 Å². The molecule has 0 atom stereocenters. The molecule has 0 spiro atoms. The Balaban J connectivity index is 1.75. The third kappa shape index (κ3) is 4.39. The summed E-state index contributed by atoms with van der Waals surface area (Å²) in [6.07, 6.45) is 6.90. The minimum Gasteiger partial charge on any atom is -0.490 e. The number of aromatic nitrogens is 2. The first-order chi connectivity index (χ1) is 12.2. The van der Waals surface area contributed by atoms with Crippen molar-refractivity contribution in [3.8, 4) is 17.0 Å². The van der Waals surface area contributed by atoms with E-state index in [1.54, 1.807) is 4.68 Å². The normalized spacial score (nSPS) is 14.6. The molecular weight excluding hydrogens is 320 g/mol. The summed E-state index contributed by atoms with van der Waals surface area (Å²) in [5.41, 5.74) is 2.54. The molecule has 0 aliphatic heterocycles. The molecule has 1 saturated carbocycles. The highest BCUT2D eigenvalue weighted by atomic mass is 16.5. The molecule has 0 bridgehead atoms. The molecule has 0 unspecified atom stereocenters. The number of methoxy groups -OCH3 is 1. The fraction of sp³-hybridized carbons (Fsp3) is 0.474. The Kier molecular flexibility index (Phi) is 5.71. The number of aliphatic hydroxyl groups excluding tert-OH is 1. The number of ether oxygens (including phenoxy) is 2. The van der Waals surface area contributed by atoms with E-state index in [2.05, 4.69) is 9.84 Å². The number of rotatable bonds is 7. The Morgan fingerprint density at radius 3 is 2.84 bits per heavy atom. The van der Waals surface area contributed by atoms with Crippen LogP contribution in [-0.4, -0.2) is 34.1 Å². The van der Waals surface area contributed by atoms with Gasteiger partial charge in [0.15, 0.2) is 0 Å². The number of esters is 1. The Labute approximate surface area is 147 Å². The fourth-order valence-corrected chi connectivity index (χ4v) is 3.09. The summed E-state index contributed by atoms with van der Waals surface area (Å²) in [7, 11) is 1.38. The first kappa shape index (κ1) is 17.5. The summed E-state index contributed by atoms with van der Waals surface area (Å²) in [4.78, 5) is 11.2. The second-order valence-electron chi connectivity index (χ2n) is 6.30. The SMILES string of the molecule is COC(=O)CCn1ccc(-c2ccc(CO)c(OC3CCCC3)c2)n1. The maximum absolute atomic E-state index is 11.2. The number of benzene rings is 1. The van der Waals surface area contributed by atoms with Gasteiger partial charge >= 0.3 is 5.97 Å². The fourth-order valence-electron chi connectivity index (χ4n) is 3.09. The van der Waals surface area contributed by atoms with E-state index in [-0.39, 0.29) is 25.1 Å². The molecule has 6 heteroatoms. The molecule has 1 aliphatic rings. The van der Waals surface area contributed by atoms with Gasteiger partial charge in [-0.25, -0.2) is 0 Å². The van der Waals surface area contributed by atoms with Gasteiger partial charge < -0.3 is 14.6 Å². The first-order valence-electron chi connectivity index (χ1n) is 8.70. The van der Waals surface area contributed by atoms with Gasteiger partial charge in [0, 0.05) is 17.3 Å². The summed E-state index contributed by atoms with van der Waals surface area (Å²) in [5, 5.41) is 14.1. The predicted octanol–water partition coefficient (Wildman–Crippen LogP) is 2.93. The summed E-state index contributed by atoms with van der Waals surface area (Å²) in [5.74, 6) is 0.479. The standard InChI is InChI=1S/C19H24N2O4/c1-24-19(23)9-11-21-10-8-17(20-21)14-6-7-15(13-22)18(12-14)25-16-4-2-3-5-16/h6-8,10,12,16,22H,2-5,9,11,13H2,1H3. The highest BCUT2D eigenvalue weighted by Gasteiger charge is 2.18. The van der Waals surface area contributed by atoms with Crippen molar-refractivity contribution in [2.75, 3.05) is 7.11 Å². The lowest BCUT2D eigenvalue weighted by Gasteiger charge is -2.16. The number of hydrogen-bond acceptors (Lipinski definition) is 5. The Bertz CT molecular complexity index is 720. The van der Waals surface area contributed by atoms with Crippen LogP contribution in [0.4, 0.5) is 0 Å². The highest BCUT2D eigenvalue weighted by molar-refractivity contribution is 5.69. The second-order valence-corrected chi connectivity index (χ2v) is 6.30. The topological polar surface area (TPSA) is 73.6 Å². The van der Waals surface area contributed by atoms with E-state index in [9.17, 15) is 9.90 Å². The molecule has 1 aliphatic carbocycles. The molecule has 134 valence electrons. The van der Waals surface area contributed by atoms with Crippen LogP contribution in [0, 0.1) is 0 Å². The maximum Gasteiger partial charge on any atom is 0.307 e. The first-order valence-corrected chi connectivity index (χ1v) is 8.70. The van der Waals surface area contributed by atoms with E-state index in [1.165, 1.54) is 20.0 Å². The number of carbonyl (C=O) groups excluding carboxylic acids is 1. The number of hydrogen-bond donors (Lipinski definition) is 1. The van der Waals surface area contributed by atoms with Gasteiger partial charge in [0.1, 0.15) is 5.75 Å². The second kappa shape index (κ2) is 8.16. The Hall–Kier alpha value is -2.34. The molecule has 3 rings (SSSR count). The molecule has 1 aromatic carbocycles. The van der Waals surface area contributed by atoms with Crippen LogP contribution in [0.25, 0.3) is 11.3 Å². The number of aryl methyl sites for hydroxylation is 1. The Morgan fingerprint density at radius 2 is 2.12 bits per heavy atom. The third-order valence-corrected chi connectivity index (χ3v) is 4.54. The summed E-state index contributed by atoms with van der Waals surface area (Å²) < 4.78 is 12.5. The average Bonchev–Trinajstić information content (AvgIpc) is 3.31. The van der Waals surface area contributed by atoms with Gasteiger partial charge in [-0.15, -0.1) is 0 Å². The maximum atomic E-state index is 11.2. The molecular formula is C19H24N2O4. The van der Waals surface area contributed by atoms with Crippen LogP contribution in [-0.2, 0) is 22.7 Å². The zero-order valence-electron chi connectivity index (χ0n) is 14.5. The molecule has 1 fully saturated rings. The van der Waals surface area contributed by atoms with Crippen molar-refractivity contribution in [1.82, 2.24) is 9.78 Å². The molecule has 1 heterocycles. The third-order valence-electron chi connectivity index (χ3n) is 4.54. The van der Waals surface area contributed by atoms with E-state index in [1.807, 2.05) is 30.5 Å². The zero-order chi connectivity index (χ0) is 17.6. The summed E-state index contributed by atoms with van der Waals surface area (Å²) in [6, 6.07) is 7.66. The molecule has 6 nitrogen and oxygen atoms in total. The minimum absolute atomic E-state index is 0.0457. The minimum atomic E-state index is -0.253. The molecule has 0 amide bonds. The monoisotopic (exact) mass is 344 g/mol. The van der Waals surface area contributed by atoms with Crippen LogP contribution in [0.3, 0.4) is 0 Å². The molecule has 2 aromatic rings. The zero-order valence-corrected chi connectivity index (χ0v) is 14.5. The van der Waals surface area contributed by atoms with Crippen molar-refractivity contribution in [1.29, 1.82) is 0 Å². The molecule has 0 radical (unpaired) electrons. The van der Waals surface area contributed by atoms with E-state index < -0.39 is 0 Å². The van der Waals surface area contributed by atoms with Gasteiger partial charge in [-0.05, 0) is 37.8 Å². The van der Waals surface area contributed by atoms with Gasteiger partial charge in [0.2, 0.25) is 0 Å². The van der Waals surface area contributed by atoms with Crippen molar-refractivity contribution in [2.45, 2.75) is 51.4 Å². The van der Waals surface area contributed by atoms with Crippen LogP contribution in [0.1, 0.15) is 37.7 Å². The summed E-state index contributed by atoms with van der Waals surface area (Å²) in [6.45, 7) is 0.433. The van der Waals surface area contributed by atoms with Crippen LogP contribution < -0.4 is 4.74 Å². The van der Waals surface area contributed by atoms with Crippen LogP contribution >= 0.6 is 0 Å². The van der Waals surface area contributed by atoms with E-state index in [0.29, 0.717) is 6.54 Å². The van der Waals surface area contributed by atoms with Crippen molar-refractivity contribution >= 4 is 5.97 Å². The molecule has 1 N–H and O–H groups in total. The van der Waals surface area contributed by atoms with Crippen molar-refractivity contribution < 1.29 is 19.4 Å². The summed E-state index contributed by atoms with van der Waals surface area (Å²) >= 11 is 0. The quantitative estimate of drug-likeness (QED) is 0.782. The molecule has 25 heavy (non-hydrogen) atoms. The highest BCUT2D eigenvalue weighted by Crippen LogP contribution is 2.30. The van der Waals surface area contributed by atoms with Crippen molar-refractivity contribution in [3.63, 3.8) is 0 Å². The van der Waals surface area contributed by atoms with Gasteiger partial charge in [-0.2, -0.15) is 5.10 Å². The van der Waals surface area contributed by atoms with Crippen molar-refractivity contribution in [2.24, 2.45) is 0 Å². The predicted molar refractivity (Wildman–Crippen MR) is 93.1 cm³/mol. The van der Waals surface area contributed by atoms with Gasteiger partial charge in [0.25, 0.3) is 0 Å². The lowest BCUT2D eigenvalue weighted by atomic mass is 10.1.